The third kappa shape index (κ3) is 6.39. The number of nitrogens with one attached hydrogen (secondary N) is 1. The Morgan fingerprint density at radius 2 is 1.19 bits per heavy atom. The van der Waals surface area contributed by atoms with Gasteiger partial charge in [-0.2, -0.15) is 0 Å². The molecule has 0 bridgehead atoms. The van der Waals surface area contributed by atoms with Crippen molar-refractivity contribution in [2.45, 2.75) is 55.4 Å². The lowest BCUT2D eigenvalue weighted by Crippen LogP contribution is -2.17. The fraction of sp³-hybridized carbons (Fsp3) is 0.500. The number of nitrogens with zero attached hydrogens (tertiary/aromatic N) is 2. The molecule has 2 aromatic rings. The van der Waals surface area contributed by atoms with Gasteiger partial charge in [0, 0.05) is 39.6 Å². The highest BCUT2D eigenvalue weighted by Crippen LogP contribution is 2.31. The van der Waals surface area contributed by atoms with E-state index in [1.807, 2.05) is 27.9 Å². The van der Waals surface area contributed by atoms with Crippen LogP contribution in [0.1, 0.15) is 45.9 Å². The van der Waals surface area contributed by atoms with E-state index in [0.717, 1.165) is 22.4 Å². The Hall–Kier alpha value is -2.69. The molecular weight excluding hydrogens is 386 g/mol. The number of aryl methyl sites for hydroxylation is 2. The molecule has 31 heavy (non-hydrogen) atoms. The topological polar surface area (TPSA) is 44.8 Å². The van der Waals surface area contributed by atoms with Crippen LogP contribution in [-0.2, 0) is 4.74 Å². The predicted octanol–water partition coefficient (Wildman–Crippen LogP) is 6.23. The maximum Gasteiger partial charge on any atom is 0.411 e. The van der Waals surface area contributed by atoms with E-state index in [-0.39, 0.29) is 0 Å². The summed E-state index contributed by atoms with van der Waals surface area (Å²) in [5.41, 5.74) is 12.2. The van der Waals surface area contributed by atoms with Crippen LogP contribution in [-0.4, -0.2) is 40.9 Å². The molecule has 0 fully saturated rings. The average molecular weight is 428 g/mol. The summed E-state index contributed by atoms with van der Waals surface area (Å²) in [7, 11) is 8.21. The second kappa shape index (κ2) is 11.1. The lowest BCUT2D eigenvalue weighted by Gasteiger charge is -2.21. The van der Waals surface area contributed by atoms with Crippen molar-refractivity contribution in [3.63, 3.8) is 0 Å². The molecule has 2 aromatic carbocycles. The largest absolute Gasteiger partial charge is 0.450 e. The number of anilines is 3. The van der Waals surface area contributed by atoms with Crippen molar-refractivity contribution >= 4 is 23.2 Å². The molecule has 2 rings (SSSR count). The zero-order valence-corrected chi connectivity index (χ0v) is 21.6. The Labute approximate surface area is 189 Å². The number of hydrogen-bond acceptors (Lipinski definition) is 4. The van der Waals surface area contributed by atoms with E-state index >= 15 is 0 Å². The molecule has 1 amide bonds. The molecule has 0 heterocycles. The van der Waals surface area contributed by atoms with Crippen LogP contribution >= 0.6 is 0 Å². The van der Waals surface area contributed by atoms with Crippen LogP contribution in [0.5, 0.6) is 0 Å². The van der Waals surface area contributed by atoms with E-state index in [9.17, 15) is 4.79 Å². The Morgan fingerprint density at radius 3 is 1.65 bits per heavy atom. The van der Waals surface area contributed by atoms with E-state index in [0.29, 0.717) is 6.61 Å². The molecule has 0 saturated heterocycles. The Morgan fingerprint density at radius 1 is 0.742 bits per heavy atom. The first-order chi connectivity index (χ1) is 14.3. The second-order valence-corrected chi connectivity index (χ2v) is 8.56. The average Bonchev–Trinajstić information content (AvgIpc) is 2.69. The predicted molar refractivity (Wildman–Crippen MR) is 135 cm³/mol. The molecule has 0 aromatic heterocycles. The number of hydrogen-bond donors (Lipinski definition) is 1. The summed E-state index contributed by atoms with van der Waals surface area (Å²) >= 11 is 0. The molecule has 172 valence electrons. The molecule has 0 saturated carbocycles. The van der Waals surface area contributed by atoms with E-state index in [2.05, 4.69) is 76.0 Å². The Kier molecular flexibility index (Phi) is 9.41. The first-order valence-electron chi connectivity index (χ1n) is 10.8. The molecule has 5 heteroatoms. The van der Waals surface area contributed by atoms with Gasteiger partial charge in [-0.3, -0.25) is 5.32 Å². The van der Waals surface area contributed by atoms with Crippen LogP contribution in [0, 0.1) is 48.5 Å². The quantitative estimate of drug-likeness (QED) is 0.628. The summed E-state index contributed by atoms with van der Waals surface area (Å²) in [4.78, 5) is 15.8. The highest BCUT2D eigenvalue weighted by molar-refractivity contribution is 5.88. The van der Waals surface area contributed by atoms with Crippen LogP contribution in [0.3, 0.4) is 0 Å². The first kappa shape index (κ1) is 26.3. The van der Waals surface area contributed by atoms with Gasteiger partial charge in [0.15, 0.2) is 0 Å². The third-order valence-corrected chi connectivity index (χ3v) is 5.99. The zero-order chi connectivity index (χ0) is 24.0. The van der Waals surface area contributed by atoms with Crippen molar-refractivity contribution in [2.75, 3.05) is 49.9 Å². The molecule has 0 aliphatic carbocycles. The SMILES string of the molecule is CCOC(=O)Nc1c(C)cc(N(C)C)c(C)c1C.Cc1cc(N(C)C)c(C)c(C)c1C. The van der Waals surface area contributed by atoms with E-state index in [1.165, 1.54) is 33.6 Å². The van der Waals surface area contributed by atoms with Crippen LogP contribution in [0.25, 0.3) is 0 Å². The number of benzene rings is 2. The monoisotopic (exact) mass is 427 g/mol. The number of ether oxygens (including phenoxy) is 1. The van der Waals surface area contributed by atoms with Gasteiger partial charge in [0.1, 0.15) is 0 Å². The van der Waals surface area contributed by atoms with Gasteiger partial charge in [0.05, 0.1) is 12.3 Å². The summed E-state index contributed by atoms with van der Waals surface area (Å²) < 4.78 is 4.91. The van der Waals surface area contributed by atoms with Gasteiger partial charge >= 0.3 is 6.09 Å². The van der Waals surface area contributed by atoms with Gasteiger partial charge in [-0.1, -0.05) is 0 Å². The minimum Gasteiger partial charge on any atom is -0.450 e. The fourth-order valence-electron chi connectivity index (χ4n) is 3.64. The summed E-state index contributed by atoms with van der Waals surface area (Å²) in [5, 5.41) is 2.81. The zero-order valence-electron chi connectivity index (χ0n) is 21.6. The van der Waals surface area contributed by atoms with E-state index in [1.54, 1.807) is 6.92 Å². The lowest BCUT2D eigenvalue weighted by molar-refractivity contribution is 0.168. The molecule has 0 aliphatic heterocycles. The van der Waals surface area contributed by atoms with Crippen LogP contribution < -0.4 is 15.1 Å². The Bertz CT molecular complexity index is 931. The smallest absolute Gasteiger partial charge is 0.411 e. The molecule has 0 atom stereocenters. The highest BCUT2D eigenvalue weighted by Gasteiger charge is 2.14. The molecule has 0 unspecified atom stereocenters. The number of amides is 1. The second-order valence-electron chi connectivity index (χ2n) is 8.56. The van der Waals surface area contributed by atoms with Gasteiger partial charge < -0.3 is 14.5 Å². The third-order valence-electron chi connectivity index (χ3n) is 5.99. The van der Waals surface area contributed by atoms with Crippen molar-refractivity contribution in [1.29, 1.82) is 0 Å². The normalized spacial score (nSPS) is 10.2. The van der Waals surface area contributed by atoms with Crippen molar-refractivity contribution in [2.24, 2.45) is 0 Å². The van der Waals surface area contributed by atoms with Crippen molar-refractivity contribution in [1.82, 2.24) is 0 Å². The molecule has 5 nitrogen and oxygen atoms in total. The minimum absolute atomic E-state index is 0.374. The van der Waals surface area contributed by atoms with Crippen LogP contribution in [0.4, 0.5) is 21.9 Å². The number of rotatable bonds is 4. The first-order valence-corrected chi connectivity index (χ1v) is 10.8. The maximum absolute atomic E-state index is 11.5. The van der Waals surface area contributed by atoms with Crippen molar-refractivity contribution in [3.05, 3.63) is 51.1 Å². The van der Waals surface area contributed by atoms with Gasteiger partial charge in [-0.15, -0.1) is 0 Å². The number of carbonyl (C=O) groups is 1. The minimum atomic E-state index is -0.402. The van der Waals surface area contributed by atoms with Gasteiger partial charge in [0.25, 0.3) is 0 Å². The van der Waals surface area contributed by atoms with E-state index < -0.39 is 6.09 Å². The fourth-order valence-corrected chi connectivity index (χ4v) is 3.64. The Balaban J connectivity index is 0.000000327. The molecule has 0 radical (unpaired) electrons. The summed E-state index contributed by atoms with van der Waals surface area (Å²) in [6.45, 7) is 17.0. The van der Waals surface area contributed by atoms with Crippen molar-refractivity contribution < 1.29 is 9.53 Å². The number of carbonyl (C=O) groups excluding carboxylic acids is 1. The van der Waals surface area contributed by atoms with E-state index in [4.69, 9.17) is 4.74 Å². The van der Waals surface area contributed by atoms with Gasteiger partial charge in [0.2, 0.25) is 0 Å². The molecule has 0 aliphatic rings. The van der Waals surface area contributed by atoms with Crippen LogP contribution in [0.2, 0.25) is 0 Å². The summed E-state index contributed by atoms with van der Waals surface area (Å²) in [6.07, 6.45) is -0.402. The molecule has 1 N–H and O–H groups in total. The summed E-state index contributed by atoms with van der Waals surface area (Å²) in [6, 6.07) is 4.33. The highest BCUT2D eigenvalue weighted by atomic mass is 16.5. The van der Waals surface area contributed by atoms with Gasteiger partial charge in [-0.05, 0) is 106 Å². The molecule has 0 spiro atoms. The maximum atomic E-state index is 11.5. The van der Waals surface area contributed by atoms with Gasteiger partial charge in [-0.25, -0.2) is 4.79 Å². The van der Waals surface area contributed by atoms with Crippen molar-refractivity contribution in [3.8, 4) is 0 Å². The van der Waals surface area contributed by atoms with Crippen LogP contribution in [0.15, 0.2) is 12.1 Å². The summed E-state index contributed by atoms with van der Waals surface area (Å²) in [5.74, 6) is 0. The lowest BCUT2D eigenvalue weighted by atomic mass is 9.97. The molecular formula is C26H41N3O2. The standard InChI is InChI=1S/C14H22N2O2.C12H19N/c1-7-18-14(17)15-13-9(2)8-12(16(5)6)10(3)11(13)4;1-8-7-12(13(5)6)11(4)10(3)9(8)2/h8H,7H2,1-6H3,(H,15,17);7H,1-6H3.